The summed E-state index contributed by atoms with van der Waals surface area (Å²) in [7, 11) is 1.91. The van der Waals surface area contributed by atoms with Gasteiger partial charge in [-0.3, -0.25) is 9.89 Å². The van der Waals surface area contributed by atoms with Gasteiger partial charge in [0.15, 0.2) is 5.96 Å². The zero-order valence-corrected chi connectivity index (χ0v) is 20.8. The molecule has 3 fully saturated rings. The van der Waals surface area contributed by atoms with E-state index in [1.807, 2.05) is 19.6 Å². The van der Waals surface area contributed by atoms with E-state index < -0.39 is 0 Å². The maximum absolute atomic E-state index is 5.60. The van der Waals surface area contributed by atoms with E-state index in [2.05, 4.69) is 54.5 Å². The molecular formula is C20H35IN6OS. The number of likely N-dealkylation sites (tertiary alicyclic amines) is 1. The summed E-state index contributed by atoms with van der Waals surface area (Å²) < 4.78 is 7.85. The average Bonchev–Trinajstić information content (AvgIpc) is 3.43. The highest BCUT2D eigenvalue weighted by Gasteiger charge is 2.41. The molecule has 3 aliphatic heterocycles. The first kappa shape index (κ1) is 23.1. The first-order valence-corrected chi connectivity index (χ1v) is 11.7. The third-order valence-corrected chi connectivity index (χ3v) is 7.91. The highest BCUT2D eigenvalue weighted by atomic mass is 127. The Labute approximate surface area is 196 Å². The van der Waals surface area contributed by atoms with Crippen LogP contribution in [0.5, 0.6) is 0 Å². The molecule has 164 valence electrons. The number of thioether (sulfide) groups is 1. The number of halogens is 1. The number of hydrogen-bond acceptors (Lipinski definition) is 5. The van der Waals surface area contributed by atoms with E-state index >= 15 is 0 Å². The molecule has 9 heteroatoms. The first-order chi connectivity index (χ1) is 13.7. The van der Waals surface area contributed by atoms with Gasteiger partial charge in [0, 0.05) is 63.5 Å². The number of morpholine rings is 1. The topological polar surface area (TPSA) is 57.9 Å². The summed E-state index contributed by atoms with van der Waals surface area (Å²) in [6.45, 7) is 9.17. The van der Waals surface area contributed by atoms with Crippen molar-refractivity contribution < 1.29 is 4.74 Å². The molecule has 3 aliphatic rings. The SMILES string of the molecule is CN=C(NCC1(N2CCOCC2)CCSC1)N1CCC(C)C(n2ccnc2)C1.I. The van der Waals surface area contributed by atoms with Crippen molar-refractivity contribution in [2.45, 2.75) is 31.3 Å². The second-order valence-electron chi connectivity index (χ2n) is 8.32. The molecule has 4 rings (SSSR count). The summed E-state index contributed by atoms with van der Waals surface area (Å²) in [6, 6.07) is 0.449. The van der Waals surface area contributed by atoms with Crippen molar-refractivity contribution in [3.8, 4) is 0 Å². The van der Waals surface area contributed by atoms with Crippen molar-refractivity contribution >= 4 is 41.7 Å². The second-order valence-corrected chi connectivity index (χ2v) is 9.42. The van der Waals surface area contributed by atoms with Gasteiger partial charge in [0.05, 0.1) is 25.6 Å². The lowest BCUT2D eigenvalue weighted by Gasteiger charge is -2.44. The van der Waals surface area contributed by atoms with Crippen LogP contribution in [0.1, 0.15) is 25.8 Å². The molecule has 29 heavy (non-hydrogen) atoms. The molecule has 4 heterocycles. The van der Waals surface area contributed by atoms with Crippen molar-refractivity contribution in [3.63, 3.8) is 0 Å². The number of ether oxygens (including phenoxy) is 1. The van der Waals surface area contributed by atoms with E-state index in [-0.39, 0.29) is 29.5 Å². The molecule has 0 radical (unpaired) electrons. The standard InChI is InChI=1S/C20H34N6OS.HI/c1-17-3-6-24(13-18(17)25-7-5-22-16-25)19(21-2)23-14-20(4-12-28-15-20)26-8-10-27-11-9-26;/h5,7,16-18H,3-4,6,8-15H2,1-2H3,(H,21,23);1H. The number of aromatic nitrogens is 2. The summed E-state index contributed by atoms with van der Waals surface area (Å²) in [6.07, 6.45) is 8.33. The molecule has 3 atom stereocenters. The van der Waals surface area contributed by atoms with Crippen molar-refractivity contribution in [2.75, 3.05) is 64.5 Å². The zero-order valence-electron chi connectivity index (χ0n) is 17.6. The van der Waals surface area contributed by atoms with Crippen molar-refractivity contribution in [3.05, 3.63) is 18.7 Å². The van der Waals surface area contributed by atoms with E-state index in [1.165, 1.54) is 24.3 Å². The van der Waals surface area contributed by atoms with Gasteiger partial charge in [0.2, 0.25) is 0 Å². The minimum atomic E-state index is 0. The summed E-state index contributed by atoms with van der Waals surface area (Å²) in [4.78, 5) is 14.0. The van der Waals surface area contributed by atoms with Crippen LogP contribution in [-0.4, -0.2) is 95.3 Å². The quantitative estimate of drug-likeness (QED) is 0.363. The predicted molar refractivity (Wildman–Crippen MR) is 130 cm³/mol. The molecule has 3 saturated heterocycles. The van der Waals surface area contributed by atoms with Crippen LogP contribution in [0.15, 0.2) is 23.7 Å². The molecule has 0 aliphatic carbocycles. The third-order valence-electron chi connectivity index (χ3n) is 6.68. The zero-order chi connectivity index (χ0) is 19.4. The summed E-state index contributed by atoms with van der Waals surface area (Å²) >= 11 is 2.08. The van der Waals surface area contributed by atoms with Crippen LogP contribution < -0.4 is 5.32 Å². The molecular weight excluding hydrogens is 499 g/mol. The normalized spacial score (nSPS) is 31.5. The van der Waals surface area contributed by atoms with Crippen LogP contribution in [-0.2, 0) is 4.74 Å². The number of aliphatic imine (C=N–C) groups is 1. The van der Waals surface area contributed by atoms with E-state index in [9.17, 15) is 0 Å². The van der Waals surface area contributed by atoms with Crippen molar-refractivity contribution in [2.24, 2.45) is 10.9 Å². The van der Waals surface area contributed by atoms with Crippen LogP contribution in [0.2, 0.25) is 0 Å². The number of guanidine groups is 1. The molecule has 7 nitrogen and oxygen atoms in total. The lowest BCUT2D eigenvalue weighted by molar-refractivity contribution is -0.0122. The lowest BCUT2D eigenvalue weighted by Crippen LogP contribution is -2.60. The predicted octanol–water partition coefficient (Wildman–Crippen LogP) is 2.17. The van der Waals surface area contributed by atoms with Crippen LogP contribution in [0.3, 0.4) is 0 Å². The van der Waals surface area contributed by atoms with Gasteiger partial charge in [-0.2, -0.15) is 11.8 Å². The lowest BCUT2D eigenvalue weighted by atomic mass is 9.93. The number of hydrogen-bond donors (Lipinski definition) is 1. The summed E-state index contributed by atoms with van der Waals surface area (Å²) in [5.41, 5.74) is 0.233. The molecule has 0 bridgehead atoms. The monoisotopic (exact) mass is 534 g/mol. The number of rotatable bonds is 4. The van der Waals surface area contributed by atoms with E-state index in [1.54, 1.807) is 0 Å². The molecule has 3 unspecified atom stereocenters. The fourth-order valence-electron chi connectivity index (χ4n) is 4.81. The number of piperidine rings is 1. The molecule has 0 spiro atoms. The average molecular weight is 535 g/mol. The molecule has 0 aromatic carbocycles. The Morgan fingerprint density at radius 3 is 2.83 bits per heavy atom. The van der Waals surface area contributed by atoms with Crippen LogP contribution in [0.25, 0.3) is 0 Å². The minimum Gasteiger partial charge on any atom is -0.379 e. The van der Waals surface area contributed by atoms with Gasteiger partial charge in [-0.05, 0) is 24.5 Å². The van der Waals surface area contributed by atoms with Crippen molar-refractivity contribution in [1.82, 2.24) is 24.7 Å². The Morgan fingerprint density at radius 1 is 1.34 bits per heavy atom. The third kappa shape index (κ3) is 5.22. The number of imidazole rings is 1. The van der Waals surface area contributed by atoms with Gasteiger partial charge in [-0.25, -0.2) is 4.98 Å². The molecule has 1 aromatic heterocycles. The molecule has 1 N–H and O–H groups in total. The van der Waals surface area contributed by atoms with Gasteiger partial charge in [-0.1, -0.05) is 6.92 Å². The smallest absolute Gasteiger partial charge is 0.193 e. The molecule has 0 saturated carbocycles. The minimum absolute atomic E-state index is 0. The molecule has 1 aromatic rings. The van der Waals surface area contributed by atoms with Gasteiger partial charge in [0.1, 0.15) is 0 Å². The Morgan fingerprint density at radius 2 is 2.17 bits per heavy atom. The van der Waals surface area contributed by atoms with E-state index in [4.69, 9.17) is 4.74 Å². The van der Waals surface area contributed by atoms with E-state index in [0.717, 1.165) is 51.9 Å². The Hall–Kier alpha value is -0.520. The summed E-state index contributed by atoms with van der Waals surface area (Å²) in [5.74, 6) is 4.14. The Kier molecular flexibility index (Phi) is 8.52. The largest absolute Gasteiger partial charge is 0.379 e. The first-order valence-electron chi connectivity index (χ1n) is 10.6. The van der Waals surface area contributed by atoms with Gasteiger partial charge in [-0.15, -0.1) is 24.0 Å². The van der Waals surface area contributed by atoms with Crippen LogP contribution in [0.4, 0.5) is 0 Å². The Balaban J connectivity index is 0.00000240. The molecule has 0 amide bonds. The van der Waals surface area contributed by atoms with E-state index in [0.29, 0.717) is 12.0 Å². The van der Waals surface area contributed by atoms with Gasteiger partial charge >= 0.3 is 0 Å². The number of nitrogens with zero attached hydrogens (tertiary/aromatic N) is 5. The fourth-order valence-corrected chi connectivity index (χ4v) is 6.28. The second kappa shape index (κ2) is 10.7. The highest BCUT2D eigenvalue weighted by Crippen LogP contribution is 2.34. The highest BCUT2D eigenvalue weighted by molar-refractivity contribution is 14.0. The van der Waals surface area contributed by atoms with Crippen LogP contribution >= 0.6 is 35.7 Å². The van der Waals surface area contributed by atoms with Crippen molar-refractivity contribution in [1.29, 1.82) is 0 Å². The summed E-state index contributed by atoms with van der Waals surface area (Å²) in [5, 5.41) is 3.76. The maximum Gasteiger partial charge on any atom is 0.193 e. The van der Waals surface area contributed by atoms with Gasteiger partial charge in [0.25, 0.3) is 0 Å². The Bertz CT molecular complexity index is 645. The maximum atomic E-state index is 5.60. The van der Waals surface area contributed by atoms with Gasteiger partial charge < -0.3 is 19.5 Å². The number of nitrogens with one attached hydrogen (secondary N) is 1. The van der Waals surface area contributed by atoms with Crippen LogP contribution in [0, 0.1) is 5.92 Å². The fraction of sp³-hybridized carbons (Fsp3) is 0.800.